The fraction of sp³-hybridized carbons (Fsp3) is 0.188. The summed E-state index contributed by atoms with van der Waals surface area (Å²) in [6.45, 7) is 2.16. The van der Waals surface area contributed by atoms with E-state index in [2.05, 4.69) is 26.6 Å². The maximum atomic E-state index is 11.9. The van der Waals surface area contributed by atoms with E-state index >= 15 is 0 Å². The van der Waals surface area contributed by atoms with Crippen LogP contribution in [0.5, 0.6) is 0 Å². The van der Waals surface area contributed by atoms with E-state index in [9.17, 15) is 4.79 Å². The highest BCUT2D eigenvalue weighted by Gasteiger charge is 2.09. The Morgan fingerprint density at radius 1 is 1.24 bits per heavy atom. The van der Waals surface area contributed by atoms with Crippen LogP contribution in [-0.4, -0.2) is 12.5 Å². The second kappa shape index (κ2) is 7.48. The van der Waals surface area contributed by atoms with Gasteiger partial charge in [0.1, 0.15) is 0 Å². The topological polar surface area (TPSA) is 41.1 Å². The van der Waals surface area contributed by atoms with E-state index in [-0.39, 0.29) is 18.5 Å². The molecule has 0 fully saturated rings. The first kappa shape index (κ1) is 15.9. The summed E-state index contributed by atoms with van der Waals surface area (Å²) in [5, 5.41) is 6.68. The summed E-state index contributed by atoms with van der Waals surface area (Å²) >= 11 is 9.32. The first-order valence-corrected chi connectivity index (χ1v) is 7.76. The Bertz CT molecular complexity index is 616. The van der Waals surface area contributed by atoms with Gasteiger partial charge in [-0.15, -0.1) is 0 Å². The van der Waals surface area contributed by atoms with E-state index in [1.165, 1.54) is 0 Å². The molecule has 0 radical (unpaired) electrons. The molecule has 0 saturated carbocycles. The maximum Gasteiger partial charge on any atom is 0.239 e. The van der Waals surface area contributed by atoms with Crippen molar-refractivity contribution in [3.8, 4) is 0 Å². The van der Waals surface area contributed by atoms with Crippen LogP contribution < -0.4 is 10.6 Å². The van der Waals surface area contributed by atoms with Gasteiger partial charge < -0.3 is 10.6 Å². The molecule has 1 atom stereocenters. The zero-order valence-electron chi connectivity index (χ0n) is 11.6. The van der Waals surface area contributed by atoms with Gasteiger partial charge in [0.25, 0.3) is 0 Å². The number of hydrogen-bond acceptors (Lipinski definition) is 2. The number of nitrogens with one attached hydrogen (secondary N) is 2. The summed E-state index contributed by atoms with van der Waals surface area (Å²) in [5.41, 5.74) is 1.89. The third-order valence-electron chi connectivity index (χ3n) is 3.02. The quantitative estimate of drug-likeness (QED) is 0.823. The number of carbonyl (C=O) groups excluding carboxylic acids is 1. The van der Waals surface area contributed by atoms with E-state index in [0.29, 0.717) is 5.02 Å². The highest BCUT2D eigenvalue weighted by atomic mass is 79.9. The third-order valence-corrected chi connectivity index (χ3v) is 3.79. The van der Waals surface area contributed by atoms with Crippen LogP contribution in [0.25, 0.3) is 0 Å². The largest absolute Gasteiger partial charge is 0.376 e. The second-order valence-corrected chi connectivity index (χ2v) is 6.06. The summed E-state index contributed by atoms with van der Waals surface area (Å²) in [7, 11) is 0. The molecule has 110 valence electrons. The lowest BCUT2D eigenvalue weighted by Crippen LogP contribution is -2.32. The van der Waals surface area contributed by atoms with Gasteiger partial charge in [-0.2, -0.15) is 0 Å². The Hall–Kier alpha value is -1.52. The van der Waals surface area contributed by atoms with Gasteiger partial charge in [0.05, 0.1) is 12.6 Å². The minimum atomic E-state index is -0.0806. The number of anilines is 1. The standard InChI is InChI=1S/C16H16BrClN2O/c1-11(12-3-2-4-14(18)9-12)20-16(21)10-19-15-7-5-13(17)6-8-15/h2-9,11,19H,10H2,1H3,(H,20,21)/t11-/m1/s1. The number of hydrogen-bond donors (Lipinski definition) is 2. The van der Waals surface area contributed by atoms with Gasteiger partial charge in [-0.25, -0.2) is 0 Å². The van der Waals surface area contributed by atoms with Gasteiger partial charge in [-0.1, -0.05) is 39.7 Å². The van der Waals surface area contributed by atoms with Gasteiger partial charge in [0, 0.05) is 15.2 Å². The van der Waals surface area contributed by atoms with Crippen LogP contribution >= 0.6 is 27.5 Å². The number of rotatable bonds is 5. The molecule has 2 N–H and O–H groups in total. The second-order valence-electron chi connectivity index (χ2n) is 4.70. The number of benzene rings is 2. The van der Waals surface area contributed by atoms with Crippen LogP contribution in [0.2, 0.25) is 5.02 Å². The van der Waals surface area contributed by atoms with E-state index < -0.39 is 0 Å². The van der Waals surface area contributed by atoms with Crippen molar-refractivity contribution in [1.29, 1.82) is 0 Å². The van der Waals surface area contributed by atoms with Gasteiger partial charge in [0.15, 0.2) is 0 Å². The average molecular weight is 368 g/mol. The van der Waals surface area contributed by atoms with E-state index in [1.54, 1.807) is 0 Å². The van der Waals surface area contributed by atoms with E-state index in [4.69, 9.17) is 11.6 Å². The molecule has 0 bridgehead atoms. The Balaban J connectivity index is 1.85. The predicted octanol–water partition coefficient (Wildman–Crippen LogP) is 4.39. The highest BCUT2D eigenvalue weighted by Crippen LogP contribution is 2.17. The molecule has 0 aromatic heterocycles. The van der Waals surface area contributed by atoms with Crippen molar-refractivity contribution < 1.29 is 4.79 Å². The molecular weight excluding hydrogens is 352 g/mol. The molecule has 0 heterocycles. The van der Waals surface area contributed by atoms with Crippen molar-refractivity contribution >= 4 is 39.1 Å². The minimum Gasteiger partial charge on any atom is -0.376 e. The first-order chi connectivity index (χ1) is 10.0. The zero-order chi connectivity index (χ0) is 15.2. The molecule has 0 aliphatic rings. The van der Waals surface area contributed by atoms with Crippen molar-refractivity contribution in [1.82, 2.24) is 5.32 Å². The monoisotopic (exact) mass is 366 g/mol. The fourth-order valence-corrected chi connectivity index (χ4v) is 2.36. The molecule has 0 aliphatic heterocycles. The Morgan fingerprint density at radius 3 is 2.62 bits per heavy atom. The molecule has 2 aromatic carbocycles. The number of carbonyl (C=O) groups is 1. The molecule has 5 heteroatoms. The minimum absolute atomic E-state index is 0.0644. The Kier molecular flexibility index (Phi) is 5.65. The Labute approximate surface area is 137 Å². The van der Waals surface area contributed by atoms with E-state index in [0.717, 1.165) is 15.7 Å². The molecule has 2 rings (SSSR count). The van der Waals surface area contributed by atoms with Gasteiger partial charge >= 0.3 is 0 Å². The van der Waals surface area contributed by atoms with Crippen molar-refractivity contribution in [2.45, 2.75) is 13.0 Å². The van der Waals surface area contributed by atoms with Gasteiger partial charge in [0.2, 0.25) is 5.91 Å². The zero-order valence-corrected chi connectivity index (χ0v) is 13.9. The number of halogens is 2. The van der Waals surface area contributed by atoms with Crippen molar-refractivity contribution in [3.05, 3.63) is 63.6 Å². The molecular formula is C16H16BrClN2O. The van der Waals surface area contributed by atoms with Crippen LogP contribution in [0, 0.1) is 0 Å². The Morgan fingerprint density at radius 2 is 1.95 bits per heavy atom. The lowest BCUT2D eigenvalue weighted by molar-refractivity contribution is -0.120. The molecule has 0 spiro atoms. The lowest BCUT2D eigenvalue weighted by Gasteiger charge is -2.15. The SMILES string of the molecule is C[C@@H](NC(=O)CNc1ccc(Br)cc1)c1cccc(Cl)c1. The first-order valence-electron chi connectivity index (χ1n) is 6.59. The smallest absolute Gasteiger partial charge is 0.239 e. The number of amides is 1. The molecule has 21 heavy (non-hydrogen) atoms. The lowest BCUT2D eigenvalue weighted by atomic mass is 10.1. The summed E-state index contributed by atoms with van der Waals surface area (Å²) in [4.78, 5) is 11.9. The van der Waals surface area contributed by atoms with Crippen LogP contribution in [0.4, 0.5) is 5.69 Å². The van der Waals surface area contributed by atoms with E-state index in [1.807, 2.05) is 55.5 Å². The van der Waals surface area contributed by atoms with Crippen LogP contribution in [0.15, 0.2) is 53.0 Å². The summed E-state index contributed by atoms with van der Waals surface area (Å²) in [5.74, 6) is -0.0644. The molecule has 0 saturated heterocycles. The average Bonchev–Trinajstić information content (AvgIpc) is 2.46. The van der Waals surface area contributed by atoms with Gasteiger partial charge in [-0.05, 0) is 48.9 Å². The maximum absolute atomic E-state index is 11.9. The molecule has 2 aromatic rings. The molecule has 3 nitrogen and oxygen atoms in total. The molecule has 0 unspecified atom stereocenters. The third kappa shape index (κ3) is 5.06. The van der Waals surface area contributed by atoms with Crippen molar-refractivity contribution in [3.63, 3.8) is 0 Å². The predicted molar refractivity (Wildman–Crippen MR) is 90.6 cm³/mol. The van der Waals surface area contributed by atoms with Crippen LogP contribution in [0.1, 0.15) is 18.5 Å². The van der Waals surface area contributed by atoms with Crippen molar-refractivity contribution in [2.75, 3.05) is 11.9 Å². The summed E-state index contributed by atoms with van der Waals surface area (Å²) in [6.07, 6.45) is 0. The normalized spacial score (nSPS) is 11.8. The molecule has 1 amide bonds. The van der Waals surface area contributed by atoms with Gasteiger partial charge in [-0.3, -0.25) is 4.79 Å². The van der Waals surface area contributed by atoms with Crippen molar-refractivity contribution in [2.24, 2.45) is 0 Å². The van der Waals surface area contributed by atoms with Crippen LogP contribution in [0.3, 0.4) is 0 Å². The van der Waals surface area contributed by atoms with Crippen LogP contribution in [-0.2, 0) is 4.79 Å². The summed E-state index contributed by atoms with van der Waals surface area (Å²) in [6, 6.07) is 15.1. The highest BCUT2D eigenvalue weighted by molar-refractivity contribution is 9.10. The summed E-state index contributed by atoms with van der Waals surface area (Å²) < 4.78 is 1.01. The molecule has 0 aliphatic carbocycles. The fourth-order valence-electron chi connectivity index (χ4n) is 1.90.